The molecule has 24 heavy (non-hydrogen) atoms. The minimum Gasteiger partial charge on any atom is -0.459 e. The zero-order chi connectivity index (χ0) is 17.5. The number of nitrogens with two attached hydrogens (primary N) is 1. The zero-order valence-corrected chi connectivity index (χ0v) is 14.8. The highest BCUT2D eigenvalue weighted by Crippen LogP contribution is 2.20. The van der Waals surface area contributed by atoms with E-state index in [0.29, 0.717) is 32.0 Å². The van der Waals surface area contributed by atoms with Crippen molar-refractivity contribution in [2.24, 2.45) is 11.7 Å². The van der Waals surface area contributed by atoms with Crippen LogP contribution in [0, 0.1) is 5.92 Å². The first-order valence-electron chi connectivity index (χ1n) is 8.70. The maximum atomic E-state index is 12.0. The van der Waals surface area contributed by atoms with Crippen LogP contribution in [0.3, 0.4) is 0 Å². The van der Waals surface area contributed by atoms with Gasteiger partial charge in [-0.05, 0) is 24.8 Å². The number of benzene rings is 1. The minimum absolute atomic E-state index is 0.181. The SMILES string of the molecule is CC(C)CO[C@H]1[C@H](C)OC(=O)[C@@H](N)CCO[C@@H]1Cc1ccccc1. The summed E-state index contributed by atoms with van der Waals surface area (Å²) in [5.41, 5.74) is 7.02. The van der Waals surface area contributed by atoms with Crippen LogP contribution in [-0.4, -0.2) is 43.5 Å². The van der Waals surface area contributed by atoms with Crippen molar-refractivity contribution in [2.45, 2.75) is 58.0 Å². The maximum Gasteiger partial charge on any atom is 0.323 e. The Morgan fingerprint density at radius 1 is 1.29 bits per heavy atom. The summed E-state index contributed by atoms with van der Waals surface area (Å²) in [6, 6.07) is 9.50. The molecule has 4 atom stereocenters. The maximum absolute atomic E-state index is 12.0. The van der Waals surface area contributed by atoms with E-state index in [4.69, 9.17) is 19.9 Å². The van der Waals surface area contributed by atoms with Crippen molar-refractivity contribution in [1.29, 1.82) is 0 Å². The molecular formula is C19H29NO4. The predicted octanol–water partition coefficient (Wildman–Crippen LogP) is 2.32. The highest BCUT2D eigenvalue weighted by Gasteiger charge is 2.34. The molecule has 1 saturated heterocycles. The molecule has 1 fully saturated rings. The molecule has 5 heteroatoms. The molecule has 0 amide bonds. The molecule has 1 aromatic carbocycles. The molecule has 0 radical (unpaired) electrons. The van der Waals surface area contributed by atoms with Gasteiger partial charge in [0.1, 0.15) is 18.2 Å². The summed E-state index contributed by atoms with van der Waals surface area (Å²) in [5, 5.41) is 0. The first kappa shape index (κ1) is 18.9. The standard InChI is InChI=1S/C19H29NO4/c1-13(2)12-23-18-14(3)24-19(21)16(20)9-10-22-17(18)11-15-7-5-4-6-8-15/h4-8,13-14,16-18H,9-12,20H2,1-3H3/t14-,16-,17+,18-/m0/s1. The summed E-state index contributed by atoms with van der Waals surface area (Å²) in [4.78, 5) is 12.0. The Kier molecular flexibility index (Phi) is 7.21. The molecule has 0 aliphatic carbocycles. The van der Waals surface area contributed by atoms with Crippen molar-refractivity contribution in [3.8, 4) is 0 Å². The van der Waals surface area contributed by atoms with Gasteiger partial charge >= 0.3 is 5.97 Å². The average Bonchev–Trinajstić information content (AvgIpc) is 2.58. The van der Waals surface area contributed by atoms with E-state index in [2.05, 4.69) is 26.0 Å². The van der Waals surface area contributed by atoms with Crippen LogP contribution in [0.4, 0.5) is 0 Å². The van der Waals surface area contributed by atoms with Gasteiger partial charge in [-0.1, -0.05) is 44.2 Å². The molecule has 0 spiro atoms. The highest BCUT2D eigenvalue weighted by molar-refractivity contribution is 5.75. The fourth-order valence-corrected chi connectivity index (χ4v) is 2.77. The van der Waals surface area contributed by atoms with Gasteiger partial charge in [0.25, 0.3) is 0 Å². The molecule has 1 aromatic rings. The summed E-state index contributed by atoms with van der Waals surface area (Å²) in [6.07, 6.45) is 0.254. The number of ether oxygens (including phenoxy) is 3. The summed E-state index contributed by atoms with van der Waals surface area (Å²) in [7, 11) is 0. The van der Waals surface area contributed by atoms with E-state index >= 15 is 0 Å². The number of carbonyl (C=O) groups excluding carboxylic acids is 1. The van der Waals surface area contributed by atoms with Crippen LogP contribution in [0.1, 0.15) is 32.8 Å². The Balaban J connectivity index is 2.17. The summed E-state index contributed by atoms with van der Waals surface area (Å²) in [6.45, 7) is 7.04. The third-order valence-corrected chi connectivity index (χ3v) is 4.10. The van der Waals surface area contributed by atoms with Gasteiger partial charge in [-0.3, -0.25) is 4.79 Å². The van der Waals surface area contributed by atoms with E-state index < -0.39 is 12.1 Å². The number of esters is 1. The van der Waals surface area contributed by atoms with Crippen LogP contribution in [0.5, 0.6) is 0 Å². The number of hydrogen-bond donors (Lipinski definition) is 1. The largest absolute Gasteiger partial charge is 0.459 e. The lowest BCUT2D eigenvalue weighted by atomic mass is 10.00. The van der Waals surface area contributed by atoms with E-state index in [1.807, 2.05) is 25.1 Å². The lowest BCUT2D eigenvalue weighted by Crippen LogP contribution is -2.44. The molecule has 1 heterocycles. The van der Waals surface area contributed by atoms with Gasteiger partial charge in [-0.2, -0.15) is 0 Å². The van der Waals surface area contributed by atoms with E-state index in [-0.39, 0.29) is 18.2 Å². The quantitative estimate of drug-likeness (QED) is 0.836. The number of cyclic esters (lactones) is 1. The third-order valence-electron chi connectivity index (χ3n) is 4.10. The monoisotopic (exact) mass is 335 g/mol. The van der Waals surface area contributed by atoms with Gasteiger partial charge in [0.05, 0.1) is 6.10 Å². The first-order valence-corrected chi connectivity index (χ1v) is 8.70. The smallest absolute Gasteiger partial charge is 0.323 e. The topological polar surface area (TPSA) is 70.8 Å². The van der Waals surface area contributed by atoms with Gasteiger partial charge in [0.15, 0.2) is 0 Å². The average molecular weight is 335 g/mol. The minimum atomic E-state index is -0.645. The number of carbonyl (C=O) groups is 1. The molecule has 5 nitrogen and oxygen atoms in total. The second kappa shape index (κ2) is 9.16. The van der Waals surface area contributed by atoms with Crippen LogP contribution in [0.15, 0.2) is 30.3 Å². The van der Waals surface area contributed by atoms with Crippen molar-refractivity contribution >= 4 is 5.97 Å². The molecule has 0 aromatic heterocycles. The van der Waals surface area contributed by atoms with Crippen molar-refractivity contribution < 1.29 is 19.0 Å². The fraction of sp³-hybridized carbons (Fsp3) is 0.632. The van der Waals surface area contributed by atoms with E-state index in [0.717, 1.165) is 0 Å². The Morgan fingerprint density at radius 3 is 2.67 bits per heavy atom. The van der Waals surface area contributed by atoms with Crippen molar-refractivity contribution in [3.63, 3.8) is 0 Å². The molecule has 1 aliphatic rings. The predicted molar refractivity (Wildman–Crippen MR) is 92.6 cm³/mol. The van der Waals surface area contributed by atoms with Crippen molar-refractivity contribution in [2.75, 3.05) is 13.2 Å². The van der Waals surface area contributed by atoms with Crippen LogP contribution in [-0.2, 0) is 25.4 Å². The van der Waals surface area contributed by atoms with Crippen LogP contribution < -0.4 is 5.73 Å². The molecule has 0 unspecified atom stereocenters. The van der Waals surface area contributed by atoms with Gasteiger partial charge < -0.3 is 19.9 Å². The van der Waals surface area contributed by atoms with Crippen LogP contribution in [0.25, 0.3) is 0 Å². The fourth-order valence-electron chi connectivity index (χ4n) is 2.77. The molecule has 1 aliphatic heterocycles. The van der Waals surface area contributed by atoms with Gasteiger partial charge in [-0.25, -0.2) is 0 Å². The van der Waals surface area contributed by atoms with Gasteiger partial charge in [-0.15, -0.1) is 0 Å². The first-order chi connectivity index (χ1) is 11.5. The van der Waals surface area contributed by atoms with Crippen molar-refractivity contribution in [3.05, 3.63) is 35.9 Å². The number of hydrogen-bond acceptors (Lipinski definition) is 5. The van der Waals surface area contributed by atoms with Crippen LogP contribution in [0.2, 0.25) is 0 Å². The molecular weight excluding hydrogens is 306 g/mol. The molecule has 134 valence electrons. The second-order valence-corrected chi connectivity index (χ2v) is 6.83. The highest BCUT2D eigenvalue weighted by atomic mass is 16.6. The Morgan fingerprint density at radius 2 is 2.00 bits per heavy atom. The normalized spacial score (nSPS) is 28.8. The van der Waals surface area contributed by atoms with E-state index in [9.17, 15) is 4.79 Å². The van der Waals surface area contributed by atoms with Crippen LogP contribution >= 0.6 is 0 Å². The molecule has 0 bridgehead atoms. The van der Waals surface area contributed by atoms with E-state index in [1.165, 1.54) is 5.56 Å². The molecule has 2 N–H and O–H groups in total. The van der Waals surface area contributed by atoms with Gasteiger partial charge in [0, 0.05) is 19.6 Å². The number of rotatable bonds is 5. The zero-order valence-electron chi connectivity index (χ0n) is 14.8. The van der Waals surface area contributed by atoms with Gasteiger partial charge in [0.2, 0.25) is 0 Å². The third kappa shape index (κ3) is 5.58. The lowest BCUT2D eigenvalue weighted by molar-refractivity contribution is -0.164. The Bertz CT molecular complexity index is 505. The van der Waals surface area contributed by atoms with Crippen molar-refractivity contribution in [1.82, 2.24) is 0 Å². The second-order valence-electron chi connectivity index (χ2n) is 6.83. The molecule has 2 rings (SSSR count). The molecule has 0 saturated carbocycles. The summed E-state index contributed by atoms with van der Waals surface area (Å²) >= 11 is 0. The Hall–Kier alpha value is -1.43. The summed E-state index contributed by atoms with van der Waals surface area (Å²) in [5.74, 6) is 0.00442. The lowest BCUT2D eigenvalue weighted by Gasteiger charge is -2.31. The Labute approximate surface area is 144 Å². The summed E-state index contributed by atoms with van der Waals surface area (Å²) < 4.78 is 17.7. The van der Waals surface area contributed by atoms with E-state index in [1.54, 1.807) is 0 Å².